The maximum absolute atomic E-state index is 5.17. The molecule has 0 aliphatic rings. The topological polar surface area (TPSA) is 63.2 Å². The van der Waals surface area contributed by atoms with Crippen LogP contribution in [0.15, 0.2) is 61.2 Å². The van der Waals surface area contributed by atoms with Crippen LogP contribution in [0.5, 0.6) is 5.75 Å². The first-order valence-corrected chi connectivity index (χ1v) is 8.08. The molecule has 0 atom stereocenters. The van der Waals surface area contributed by atoms with Crippen molar-refractivity contribution < 1.29 is 4.74 Å². The summed E-state index contributed by atoms with van der Waals surface area (Å²) < 4.78 is 5.17. The maximum atomic E-state index is 5.17. The van der Waals surface area contributed by atoms with Crippen LogP contribution in [0.3, 0.4) is 0 Å². The zero-order chi connectivity index (χ0) is 17.5. The molecule has 0 spiro atoms. The first-order valence-electron chi connectivity index (χ1n) is 8.08. The van der Waals surface area contributed by atoms with E-state index in [2.05, 4.69) is 25.2 Å². The molecule has 0 unspecified atom stereocenters. The van der Waals surface area contributed by atoms with Crippen LogP contribution < -0.4 is 15.0 Å². The van der Waals surface area contributed by atoms with Crippen molar-refractivity contribution >= 4 is 17.3 Å². The number of benzene rings is 1. The third-order valence-electron chi connectivity index (χ3n) is 3.89. The smallest absolute Gasteiger partial charge is 0.135 e. The summed E-state index contributed by atoms with van der Waals surface area (Å²) in [5.41, 5.74) is 2.21. The summed E-state index contributed by atoms with van der Waals surface area (Å²) in [5.74, 6) is 2.45. The predicted molar refractivity (Wildman–Crippen MR) is 99.5 cm³/mol. The largest absolute Gasteiger partial charge is 0.497 e. The number of methoxy groups -OCH3 is 1. The molecule has 0 bridgehead atoms. The van der Waals surface area contributed by atoms with Crippen molar-refractivity contribution in [2.45, 2.75) is 6.42 Å². The highest BCUT2D eigenvalue weighted by atomic mass is 16.5. The molecule has 0 aliphatic heterocycles. The van der Waals surface area contributed by atoms with E-state index in [9.17, 15) is 0 Å². The fraction of sp³-hybridized carbons (Fsp3) is 0.211. The van der Waals surface area contributed by atoms with Crippen molar-refractivity contribution in [3.05, 3.63) is 66.7 Å². The van der Waals surface area contributed by atoms with Gasteiger partial charge in [-0.25, -0.2) is 9.97 Å². The van der Waals surface area contributed by atoms with Crippen LogP contribution in [-0.4, -0.2) is 35.7 Å². The fourth-order valence-corrected chi connectivity index (χ4v) is 2.41. The van der Waals surface area contributed by atoms with Crippen LogP contribution in [-0.2, 0) is 6.42 Å². The molecule has 6 nitrogen and oxygen atoms in total. The highest BCUT2D eigenvalue weighted by Crippen LogP contribution is 2.20. The standard InChI is InChI=1S/C19H21N5O/c1-24(12-9-15-7-10-20-11-8-15)19-13-18(21-14-22-19)23-16-3-5-17(25-2)6-4-16/h3-8,10-11,13-14H,9,12H2,1-2H3,(H,21,22,23). The second-order valence-electron chi connectivity index (χ2n) is 5.64. The summed E-state index contributed by atoms with van der Waals surface area (Å²) in [4.78, 5) is 14.8. The predicted octanol–water partition coefficient (Wildman–Crippen LogP) is 3.30. The van der Waals surface area contributed by atoms with Crippen molar-refractivity contribution in [1.29, 1.82) is 0 Å². The van der Waals surface area contributed by atoms with Crippen LogP contribution in [0, 0.1) is 0 Å². The zero-order valence-corrected chi connectivity index (χ0v) is 14.4. The van der Waals surface area contributed by atoms with E-state index in [1.54, 1.807) is 13.4 Å². The highest BCUT2D eigenvalue weighted by Gasteiger charge is 2.05. The Morgan fingerprint density at radius 2 is 1.80 bits per heavy atom. The number of likely N-dealkylation sites (N-methyl/N-ethyl adjacent to an activating group) is 1. The number of nitrogens with zero attached hydrogens (tertiary/aromatic N) is 4. The first kappa shape index (κ1) is 16.7. The normalized spacial score (nSPS) is 10.3. The van der Waals surface area contributed by atoms with Crippen molar-refractivity contribution in [2.75, 3.05) is 30.9 Å². The second-order valence-corrected chi connectivity index (χ2v) is 5.64. The van der Waals surface area contributed by atoms with Gasteiger partial charge in [0.15, 0.2) is 0 Å². The van der Waals surface area contributed by atoms with E-state index < -0.39 is 0 Å². The minimum atomic E-state index is 0.755. The van der Waals surface area contributed by atoms with E-state index in [1.807, 2.05) is 61.9 Å². The second kappa shape index (κ2) is 8.10. The van der Waals surface area contributed by atoms with Gasteiger partial charge < -0.3 is 15.0 Å². The Hall–Kier alpha value is -3.15. The summed E-state index contributed by atoms with van der Waals surface area (Å²) in [7, 11) is 3.68. The zero-order valence-electron chi connectivity index (χ0n) is 14.4. The minimum Gasteiger partial charge on any atom is -0.497 e. The molecular weight excluding hydrogens is 314 g/mol. The maximum Gasteiger partial charge on any atom is 0.135 e. The molecule has 25 heavy (non-hydrogen) atoms. The van der Waals surface area contributed by atoms with E-state index in [1.165, 1.54) is 5.56 Å². The monoisotopic (exact) mass is 335 g/mol. The fourth-order valence-electron chi connectivity index (χ4n) is 2.41. The number of pyridine rings is 1. The number of rotatable bonds is 7. The minimum absolute atomic E-state index is 0.755. The Labute approximate surface area is 147 Å². The van der Waals surface area contributed by atoms with Crippen molar-refractivity contribution in [3.63, 3.8) is 0 Å². The third-order valence-corrected chi connectivity index (χ3v) is 3.89. The van der Waals surface area contributed by atoms with E-state index in [4.69, 9.17) is 4.74 Å². The van der Waals surface area contributed by atoms with Gasteiger partial charge in [-0.1, -0.05) is 0 Å². The van der Waals surface area contributed by atoms with Crippen molar-refractivity contribution in [3.8, 4) is 5.75 Å². The molecule has 2 aromatic heterocycles. The average Bonchev–Trinajstić information content (AvgIpc) is 2.68. The van der Waals surface area contributed by atoms with E-state index in [0.717, 1.165) is 36.0 Å². The van der Waals surface area contributed by atoms with Gasteiger partial charge in [-0.3, -0.25) is 4.98 Å². The van der Waals surface area contributed by atoms with Crippen molar-refractivity contribution in [2.24, 2.45) is 0 Å². The van der Waals surface area contributed by atoms with E-state index in [-0.39, 0.29) is 0 Å². The summed E-state index contributed by atoms with van der Waals surface area (Å²) in [5, 5.41) is 3.28. The van der Waals surface area contributed by atoms with Crippen LogP contribution in [0.25, 0.3) is 0 Å². The number of ether oxygens (including phenoxy) is 1. The van der Waals surface area contributed by atoms with Gasteiger partial charge in [0.2, 0.25) is 0 Å². The SMILES string of the molecule is COc1ccc(Nc2cc(N(C)CCc3ccncc3)ncn2)cc1. The molecule has 0 fully saturated rings. The molecule has 0 saturated carbocycles. The van der Waals surface area contributed by atoms with Gasteiger partial charge in [-0.05, 0) is 48.4 Å². The van der Waals surface area contributed by atoms with E-state index in [0.29, 0.717) is 0 Å². The molecule has 6 heteroatoms. The lowest BCUT2D eigenvalue weighted by molar-refractivity contribution is 0.415. The van der Waals surface area contributed by atoms with Gasteiger partial charge in [0.05, 0.1) is 7.11 Å². The molecule has 0 aliphatic carbocycles. The van der Waals surface area contributed by atoms with Crippen LogP contribution in [0.4, 0.5) is 17.3 Å². The Morgan fingerprint density at radius 3 is 2.52 bits per heavy atom. The molecule has 2 heterocycles. The van der Waals surface area contributed by atoms with Gasteiger partial charge in [-0.15, -0.1) is 0 Å². The third kappa shape index (κ3) is 4.67. The summed E-state index contributed by atoms with van der Waals surface area (Å²) in [6.07, 6.45) is 6.14. The number of hydrogen-bond acceptors (Lipinski definition) is 6. The summed E-state index contributed by atoms with van der Waals surface area (Å²) in [6.45, 7) is 0.864. The summed E-state index contributed by atoms with van der Waals surface area (Å²) >= 11 is 0. The number of anilines is 3. The molecule has 3 rings (SSSR count). The van der Waals surface area contributed by atoms with Crippen LogP contribution >= 0.6 is 0 Å². The molecule has 0 saturated heterocycles. The molecule has 1 N–H and O–H groups in total. The van der Waals surface area contributed by atoms with Gasteiger partial charge in [0.1, 0.15) is 23.7 Å². The molecule has 0 radical (unpaired) electrons. The van der Waals surface area contributed by atoms with Crippen molar-refractivity contribution in [1.82, 2.24) is 15.0 Å². The van der Waals surface area contributed by atoms with Gasteiger partial charge in [0, 0.05) is 37.7 Å². The Bertz CT molecular complexity index is 792. The quantitative estimate of drug-likeness (QED) is 0.715. The van der Waals surface area contributed by atoms with Gasteiger partial charge in [0.25, 0.3) is 0 Å². The number of hydrogen-bond donors (Lipinski definition) is 1. The Kier molecular flexibility index (Phi) is 5.41. The van der Waals surface area contributed by atoms with Gasteiger partial charge in [-0.2, -0.15) is 0 Å². The van der Waals surface area contributed by atoms with Crippen LogP contribution in [0.2, 0.25) is 0 Å². The lowest BCUT2D eigenvalue weighted by atomic mass is 10.2. The van der Waals surface area contributed by atoms with Gasteiger partial charge >= 0.3 is 0 Å². The number of nitrogens with one attached hydrogen (secondary N) is 1. The molecule has 0 amide bonds. The van der Waals surface area contributed by atoms with E-state index >= 15 is 0 Å². The Balaban J connectivity index is 1.63. The molecule has 3 aromatic rings. The number of aromatic nitrogens is 3. The molecule has 128 valence electrons. The van der Waals surface area contributed by atoms with Crippen LogP contribution in [0.1, 0.15) is 5.56 Å². The first-order chi connectivity index (χ1) is 12.2. The average molecular weight is 335 g/mol. The highest BCUT2D eigenvalue weighted by molar-refractivity contribution is 5.59. The Morgan fingerprint density at radius 1 is 1.04 bits per heavy atom. The summed E-state index contributed by atoms with van der Waals surface area (Å²) in [6, 6.07) is 13.7. The molecular formula is C19H21N5O. The molecule has 1 aromatic carbocycles. The lowest BCUT2D eigenvalue weighted by Gasteiger charge is -2.18. The lowest BCUT2D eigenvalue weighted by Crippen LogP contribution is -2.21.